The van der Waals surface area contributed by atoms with Gasteiger partial charge in [0.15, 0.2) is 0 Å². The van der Waals surface area contributed by atoms with E-state index in [1.165, 1.54) is 12.1 Å². The fraction of sp³-hybridized carbons (Fsp3) is 0.0714. The van der Waals surface area contributed by atoms with Crippen LogP contribution in [0.15, 0.2) is 42.5 Å². The zero-order valence-electron chi connectivity index (χ0n) is 10.8. The van der Waals surface area contributed by atoms with E-state index in [1.54, 1.807) is 6.07 Å². The molecular formula is C14H11IN2O4. The van der Waals surface area contributed by atoms with Crippen molar-refractivity contribution in [1.82, 2.24) is 0 Å². The van der Waals surface area contributed by atoms with Crippen LogP contribution in [-0.4, -0.2) is 10.8 Å². The number of benzene rings is 2. The third-order valence-electron chi connectivity index (χ3n) is 2.76. The van der Waals surface area contributed by atoms with Crippen molar-refractivity contribution in [3.63, 3.8) is 0 Å². The van der Waals surface area contributed by atoms with E-state index in [9.17, 15) is 14.9 Å². The van der Waals surface area contributed by atoms with Crippen LogP contribution in [0.3, 0.4) is 0 Å². The Hall–Kier alpha value is -2.16. The largest absolute Gasteiger partial charge is 0.489 e. The molecule has 0 aliphatic rings. The second-order valence-corrected chi connectivity index (χ2v) is 5.46. The first-order valence-corrected chi connectivity index (χ1v) is 7.01. The van der Waals surface area contributed by atoms with Gasteiger partial charge in [0, 0.05) is 15.2 Å². The molecule has 0 aliphatic heterocycles. The summed E-state index contributed by atoms with van der Waals surface area (Å²) in [6.45, 7) is 0.0372. The Morgan fingerprint density at radius 3 is 2.67 bits per heavy atom. The van der Waals surface area contributed by atoms with Crippen LogP contribution in [0.2, 0.25) is 0 Å². The van der Waals surface area contributed by atoms with Gasteiger partial charge in [-0.05, 0) is 52.9 Å². The van der Waals surface area contributed by atoms with Crippen LogP contribution in [-0.2, 0) is 6.61 Å². The summed E-state index contributed by atoms with van der Waals surface area (Å²) in [5.41, 5.74) is 5.41. The molecule has 0 fully saturated rings. The Bertz CT molecular complexity index is 703. The molecule has 0 unspecified atom stereocenters. The molecule has 2 N–H and O–H groups in total. The van der Waals surface area contributed by atoms with Crippen LogP contribution in [0.5, 0.6) is 5.75 Å². The first kappa shape index (κ1) is 15.2. The van der Waals surface area contributed by atoms with E-state index < -0.39 is 10.8 Å². The predicted molar refractivity (Wildman–Crippen MR) is 85.1 cm³/mol. The highest BCUT2D eigenvalue weighted by molar-refractivity contribution is 14.1. The average Bonchev–Trinajstić information content (AvgIpc) is 2.44. The van der Waals surface area contributed by atoms with Crippen molar-refractivity contribution in [3.05, 3.63) is 67.3 Å². The standard InChI is InChI=1S/C14H11IN2O4/c15-11-2-1-3-12(7-11)21-8-10-5-4-9(14(16)18)6-13(10)17(19)20/h1-7H,8H2,(H2,16,18). The number of nitrogens with two attached hydrogens (primary N) is 1. The number of carbonyl (C=O) groups excluding carboxylic acids is 1. The summed E-state index contributed by atoms with van der Waals surface area (Å²) in [4.78, 5) is 21.6. The van der Waals surface area contributed by atoms with Gasteiger partial charge < -0.3 is 10.5 Å². The first-order chi connectivity index (χ1) is 9.97. The topological polar surface area (TPSA) is 95.5 Å². The first-order valence-electron chi connectivity index (χ1n) is 5.93. The summed E-state index contributed by atoms with van der Waals surface area (Å²) in [5, 5.41) is 11.1. The van der Waals surface area contributed by atoms with Gasteiger partial charge in [-0.1, -0.05) is 6.07 Å². The smallest absolute Gasteiger partial charge is 0.276 e. The summed E-state index contributed by atoms with van der Waals surface area (Å²) < 4.78 is 6.54. The molecule has 2 aromatic rings. The van der Waals surface area contributed by atoms with Crippen LogP contribution >= 0.6 is 22.6 Å². The lowest BCUT2D eigenvalue weighted by Gasteiger charge is -2.08. The number of ether oxygens (including phenoxy) is 1. The van der Waals surface area contributed by atoms with Gasteiger partial charge in [0.1, 0.15) is 12.4 Å². The Morgan fingerprint density at radius 1 is 1.29 bits per heavy atom. The van der Waals surface area contributed by atoms with Crippen LogP contribution in [0.4, 0.5) is 5.69 Å². The normalized spacial score (nSPS) is 10.1. The van der Waals surface area contributed by atoms with Gasteiger partial charge in [-0.15, -0.1) is 0 Å². The number of rotatable bonds is 5. The van der Waals surface area contributed by atoms with Crippen LogP contribution in [0.25, 0.3) is 0 Å². The van der Waals surface area contributed by atoms with Gasteiger partial charge in [-0.2, -0.15) is 0 Å². The molecule has 7 heteroatoms. The number of primary amides is 1. The molecule has 2 rings (SSSR count). The van der Waals surface area contributed by atoms with Gasteiger partial charge in [0.2, 0.25) is 5.91 Å². The maximum absolute atomic E-state index is 11.1. The van der Waals surface area contributed by atoms with E-state index in [0.717, 1.165) is 9.64 Å². The molecule has 6 nitrogen and oxygen atoms in total. The van der Waals surface area contributed by atoms with E-state index in [-0.39, 0.29) is 17.9 Å². The zero-order valence-corrected chi connectivity index (χ0v) is 12.9. The zero-order chi connectivity index (χ0) is 15.4. The maximum atomic E-state index is 11.1. The quantitative estimate of drug-likeness (QED) is 0.476. The number of hydrogen-bond acceptors (Lipinski definition) is 4. The lowest BCUT2D eigenvalue weighted by molar-refractivity contribution is -0.385. The van der Waals surface area contributed by atoms with E-state index in [0.29, 0.717) is 11.3 Å². The molecule has 0 saturated heterocycles. The van der Waals surface area contributed by atoms with Crippen molar-refractivity contribution in [2.45, 2.75) is 6.61 Å². The lowest BCUT2D eigenvalue weighted by atomic mass is 10.1. The molecule has 2 aromatic carbocycles. The molecule has 1 amide bonds. The predicted octanol–water partition coefficient (Wildman–Crippen LogP) is 2.88. The fourth-order valence-corrected chi connectivity index (χ4v) is 2.24. The second kappa shape index (κ2) is 6.53. The highest BCUT2D eigenvalue weighted by Gasteiger charge is 2.16. The minimum Gasteiger partial charge on any atom is -0.489 e. The molecule has 21 heavy (non-hydrogen) atoms. The molecule has 0 heterocycles. The van der Waals surface area contributed by atoms with Gasteiger partial charge in [-0.3, -0.25) is 14.9 Å². The van der Waals surface area contributed by atoms with Gasteiger partial charge >= 0.3 is 0 Å². The Morgan fingerprint density at radius 2 is 2.05 bits per heavy atom. The van der Waals surface area contributed by atoms with Crippen molar-refractivity contribution >= 4 is 34.2 Å². The summed E-state index contributed by atoms with van der Waals surface area (Å²) in [5.74, 6) is -0.0849. The molecule has 0 radical (unpaired) electrons. The van der Waals surface area contributed by atoms with E-state index in [2.05, 4.69) is 22.6 Å². The van der Waals surface area contributed by atoms with E-state index in [1.807, 2.05) is 18.2 Å². The third kappa shape index (κ3) is 3.91. The number of carbonyl (C=O) groups is 1. The van der Waals surface area contributed by atoms with E-state index in [4.69, 9.17) is 10.5 Å². The Labute approximate surface area is 134 Å². The average molecular weight is 398 g/mol. The molecule has 0 spiro atoms. The van der Waals surface area contributed by atoms with Gasteiger partial charge in [0.25, 0.3) is 5.69 Å². The molecule has 0 aromatic heterocycles. The monoisotopic (exact) mass is 398 g/mol. The van der Waals surface area contributed by atoms with E-state index >= 15 is 0 Å². The minimum absolute atomic E-state index is 0.0372. The van der Waals surface area contributed by atoms with Crippen molar-refractivity contribution in [1.29, 1.82) is 0 Å². The van der Waals surface area contributed by atoms with Crippen LogP contribution < -0.4 is 10.5 Å². The Balaban J connectivity index is 2.23. The van der Waals surface area contributed by atoms with Crippen molar-refractivity contribution in [3.8, 4) is 5.75 Å². The van der Waals surface area contributed by atoms with Gasteiger partial charge in [0.05, 0.1) is 10.5 Å². The number of nitrogens with zero attached hydrogens (tertiary/aromatic N) is 1. The molecule has 0 saturated carbocycles. The fourth-order valence-electron chi connectivity index (χ4n) is 1.73. The highest BCUT2D eigenvalue weighted by atomic mass is 127. The maximum Gasteiger partial charge on any atom is 0.276 e. The molecule has 0 bridgehead atoms. The third-order valence-corrected chi connectivity index (χ3v) is 3.43. The SMILES string of the molecule is NC(=O)c1ccc(COc2cccc(I)c2)c([N+](=O)[O-])c1. The van der Waals surface area contributed by atoms with Crippen molar-refractivity contribution in [2.24, 2.45) is 5.73 Å². The summed E-state index contributed by atoms with van der Waals surface area (Å²) in [7, 11) is 0. The summed E-state index contributed by atoms with van der Waals surface area (Å²) >= 11 is 2.15. The van der Waals surface area contributed by atoms with Crippen LogP contribution in [0.1, 0.15) is 15.9 Å². The number of halogens is 1. The van der Waals surface area contributed by atoms with Crippen molar-refractivity contribution < 1.29 is 14.5 Å². The Kier molecular flexibility index (Phi) is 4.73. The molecule has 108 valence electrons. The number of hydrogen-bond donors (Lipinski definition) is 1. The highest BCUT2D eigenvalue weighted by Crippen LogP contribution is 2.23. The van der Waals surface area contributed by atoms with Gasteiger partial charge in [-0.25, -0.2) is 0 Å². The molecule has 0 aliphatic carbocycles. The lowest BCUT2D eigenvalue weighted by Crippen LogP contribution is -2.12. The number of nitro benzene ring substituents is 1. The summed E-state index contributed by atoms with van der Waals surface area (Å²) in [6.07, 6.45) is 0. The molecular weight excluding hydrogens is 387 g/mol. The second-order valence-electron chi connectivity index (χ2n) is 4.21. The number of amides is 1. The summed E-state index contributed by atoms with van der Waals surface area (Å²) in [6, 6.07) is 11.4. The van der Waals surface area contributed by atoms with Crippen LogP contribution in [0, 0.1) is 13.7 Å². The molecule has 0 atom stereocenters. The van der Waals surface area contributed by atoms with Crippen molar-refractivity contribution in [2.75, 3.05) is 0 Å². The minimum atomic E-state index is -0.705. The number of nitro groups is 1.